The fourth-order valence-electron chi connectivity index (χ4n) is 3.02. The molecule has 0 aliphatic carbocycles. The van der Waals surface area contributed by atoms with Crippen molar-refractivity contribution in [1.82, 2.24) is 4.98 Å². The fraction of sp³-hybridized carbons (Fsp3) is 0.231. The van der Waals surface area contributed by atoms with Crippen LogP contribution in [0.25, 0.3) is 6.08 Å². The Morgan fingerprint density at radius 1 is 1.03 bits per heavy atom. The second-order valence-electron chi connectivity index (χ2n) is 7.28. The molecule has 0 aliphatic heterocycles. The third-order valence-electron chi connectivity index (χ3n) is 4.87. The van der Waals surface area contributed by atoms with Crippen LogP contribution >= 0.6 is 0 Å². The van der Waals surface area contributed by atoms with Gasteiger partial charge < -0.3 is 10.1 Å². The van der Waals surface area contributed by atoms with Crippen LogP contribution in [0.5, 0.6) is 5.75 Å². The van der Waals surface area contributed by atoms with Crippen molar-refractivity contribution in [3.05, 3.63) is 94.4 Å². The van der Waals surface area contributed by atoms with Gasteiger partial charge in [0.15, 0.2) is 0 Å². The van der Waals surface area contributed by atoms with Crippen LogP contribution in [-0.2, 0) is 4.79 Å². The van der Waals surface area contributed by atoms with Gasteiger partial charge in [-0.3, -0.25) is 9.78 Å². The molecule has 0 saturated carbocycles. The molecule has 0 atom stereocenters. The van der Waals surface area contributed by atoms with Crippen LogP contribution < -0.4 is 10.1 Å². The number of hydrogen-bond acceptors (Lipinski definition) is 3. The van der Waals surface area contributed by atoms with Crippen LogP contribution in [0.1, 0.15) is 36.1 Å². The van der Waals surface area contributed by atoms with E-state index in [4.69, 9.17) is 4.74 Å². The third-order valence-corrected chi connectivity index (χ3v) is 4.87. The lowest BCUT2D eigenvalue weighted by molar-refractivity contribution is -0.111. The van der Waals surface area contributed by atoms with E-state index in [1.54, 1.807) is 37.7 Å². The number of carbonyl (C=O) groups excluding carboxylic acids is 1. The molecule has 0 fully saturated rings. The summed E-state index contributed by atoms with van der Waals surface area (Å²) in [6.07, 6.45) is 15.0. The lowest BCUT2D eigenvalue weighted by atomic mass is 9.96. The van der Waals surface area contributed by atoms with Crippen molar-refractivity contribution in [3.63, 3.8) is 0 Å². The Morgan fingerprint density at radius 3 is 2.40 bits per heavy atom. The molecule has 2 aromatic rings. The van der Waals surface area contributed by atoms with Gasteiger partial charge in [-0.2, -0.15) is 0 Å². The average Bonchev–Trinajstić information content (AvgIpc) is 2.71. The molecule has 0 spiro atoms. The summed E-state index contributed by atoms with van der Waals surface area (Å²) in [6, 6.07) is 5.58. The van der Waals surface area contributed by atoms with Gasteiger partial charge in [0.1, 0.15) is 5.75 Å². The number of benzene rings is 1. The van der Waals surface area contributed by atoms with E-state index in [9.17, 15) is 4.79 Å². The van der Waals surface area contributed by atoms with Crippen LogP contribution in [-0.4, -0.2) is 18.0 Å². The Balaban J connectivity index is 2.03. The summed E-state index contributed by atoms with van der Waals surface area (Å²) in [5.41, 5.74) is 7.51. The number of nitrogens with zero attached hydrogens (tertiary/aromatic N) is 1. The van der Waals surface area contributed by atoms with Crippen molar-refractivity contribution >= 4 is 17.7 Å². The van der Waals surface area contributed by atoms with Gasteiger partial charge in [0, 0.05) is 24.2 Å². The first kappa shape index (κ1) is 22.9. The standard InChI is InChI=1S/C26H30N2O2/c1-18(10-11-24-20(3)17-25(30-6)22(5)21(24)4)8-7-9-19(2)16-26(29)28-23-12-14-27-15-13-23/h7-17H,1-6H3,(H,27,28,29). The summed E-state index contributed by atoms with van der Waals surface area (Å²) < 4.78 is 5.44. The highest BCUT2D eigenvalue weighted by Gasteiger charge is 2.08. The van der Waals surface area contributed by atoms with E-state index in [2.05, 4.69) is 56.2 Å². The largest absolute Gasteiger partial charge is 0.496 e. The van der Waals surface area contributed by atoms with E-state index in [1.807, 2.05) is 25.2 Å². The van der Waals surface area contributed by atoms with Gasteiger partial charge in [-0.25, -0.2) is 0 Å². The number of hydrogen-bond donors (Lipinski definition) is 1. The maximum Gasteiger partial charge on any atom is 0.248 e. The van der Waals surface area contributed by atoms with Crippen LogP contribution in [0.3, 0.4) is 0 Å². The van der Waals surface area contributed by atoms with Gasteiger partial charge in [-0.1, -0.05) is 36.0 Å². The molecule has 1 aromatic carbocycles. The van der Waals surface area contributed by atoms with Gasteiger partial charge in [0.25, 0.3) is 0 Å². The predicted octanol–water partition coefficient (Wildman–Crippen LogP) is 6.12. The first-order valence-corrected chi connectivity index (χ1v) is 9.89. The van der Waals surface area contributed by atoms with Gasteiger partial charge in [-0.15, -0.1) is 0 Å². The van der Waals surface area contributed by atoms with Gasteiger partial charge in [0.05, 0.1) is 7.11 Å². The number of ether oxygens (including phenoxy) is 1. The third kappa shape index (κ3) is 6.59. The Labute approximate surface area is 179 Å². The molecular formula is C26H30N2O2. The summed E-state index contributed by atoms with van der Waals surface area (Å²) in [4.78, 5) is 16.0. The number of allylic oxidation sites excluding steroid dienone is 6. The lowest BCUT2D eigenvalue weighted by Gasteiger charge is -2.13. The number of pyridine rings is 1. The number of aryl methyl sites for hydroxylation is 1. The number of methoxy groups -OCH3 is 1. The summed E-state index contributed by atoms with van der Waals surface area (Å²) in [7, 11) is 1.70. The van der Waals surface area contributed by atoms with E-state index in [0.29, 0.717) is 0 Å². The molecule has 1 aromatic heterocycles. The highest BCUT2D eigenvalue weighted by molar-refractivity contribution is 5.99. The first-order valence-electron chi connectivity index (χ1n) is 9.89. The van der Waals surface area contributed by atoms with Crippen molar-refractivity contribution in [2.24, 2.45) is 0 Å². The number of anilines is 1. The second-order valence-corrected chi connectivity index (χ2v) is 7.28. The molecule has 30 heavy (non-hydrogen) atoms. The summed E-state index contributed by atoms with van der Waals surface area (Å²) in [6.45, 7) is 10.2. The summed E-state index contributed by atoms with van der Waals surface area (Å²) >= 11 is 0. The van der Waals surface area contributed by atoms with Crippen molar-refractivity contribution in [3.8, 4) is 5.75 Å². The van der Waals surface area contributed by atoms with E-state index in [1.165, 1.54) is 16.7 Å². The minimum absolute atomic E-state index is 0.162. The number of aromatic nitrogens is 1. The molecule has 0 saturated heterocycles. The first-order chi connectivity index (χ1) is 14.3. The van der Waals surface area contributed by atoms with Crippen molar-refractivity contribution < 1.29 is 9.53 Å². The fourth-order valence-corrected chi connectivity index (χ4v) is 3.02. The van der Waals surface area contributed by atoms with E-state index >= 15 is 0 Å². The summed E-state index contributed by atoms with van der Waals surface area (Å²) in [5, 5.41) is 2.81. The molecule has 0 unspecified atom stereocenters. The number of nitrogens with one attached hydrogen (secondary N) is 1. The van der Waals surface area contributed by atoms with Crippen LogP contribution in [0, 0.1) is 20.8 Å². The maximum absolute atomic E-state index is 12.0. The van der Waals surface area contributed by atoms with Gasteiger partial charge >= 0.3 is 0 Å². The van der Waals surface area contributed by atoms with Crippen LogP contribution in [0.4, 0.5) is 5.69 Å². The molecule has 4 nitrogen and oxygen atoms in total. The molecule has 0 radical (unpaired) electrons. The zero-order valence-electron chi connectivity index (χ0n) is 18.6. The van der Waals surface area contributed by atoms with Crippen molar-refractivity contribution in [2.45, 2.75) is 34.6 Å². The molecular weight excluding hydrogens is 372 g/mol. The molecule has 1 heterocycles. The number of rotatable bonds is 7. The molecule has 2 rings (SSSR count). The zero-order valence-corrected chi connectivity index (χ0v) is 18.6. The highest BCUT2D eigenvalue weighted by Crippen LogP contribution is 2.28. The van der Waals surface area contributed by atoms with Gasteiger partial charge in [-0.05, 0) is 80.6 Å². The Morgan fingerprint density at radius 2 is 1.73 bits per heavy atom. The van der Waals surface area contributed by atoms with E-state index < -0.39 is 0 Å². The van der Waals surface area contributed by atoms with Crippen LogP contribution in [0.2, 0.25) is 0 Å². The predicted molar refractivity (Wildman–Crippen MR) is 126 cm³/mol. The number of carbonyl (C=O) groups is 1. The average molecular weight is 403 g/mol. The van der Waals surface area contributed by atoms with E-state index in [-0.39, 0.29) is 5.91 Å². The smallest absolute Gasteiger partial charge is 0.248 e. The zero-order chi connectivity index (χ0) is 22.1. The Hall–Kier alpha value is -3.40. The minimum Gasteiger partial charge on any atom is -0.496 e. The quantitative estimate of drug-likeness (QED) is 0.449. The molecule has 4 heteroatoms. The van der Waals surface area contributed by atoms with Crippen LogP contribution in [0.15, 0.2) is 72.1 Å². The molecule has 1 amide bonds. The molecule has 1 N–H and O–H groups in total. The minimum atomic E-state index is -0.162. The van der Waals surface area contributed by atoms with Crippen molar-refractivity contribution in [1.29, 1.82) is 0 Å². The van der Waals surface area contributed by atoms with E-state index in [0.717, 1.165) is 28.1 Å². The summed E-state index contributed by atoms with van der Waals surface area (Å²) in [5.74, 6) is 0.761. The molecule has 0 aliphatic rings. The van der Waals surface area contributed by atoms with Crippen molar-refractivity contribution in [2.75, 3.05) is 12.4 Å². The molecule has 0 bridgehead atoms. The SMILES string of the molecule is COc1cc(C)c(C=CC(C)=CC=CC(C)=CC(=O)Nc2ccncc2)c(C)c1C. The lowest BCUT2D eigenvalue weighted by Crippen LogP contribution is -2.08. The number of amides is 1. The Bertz CT molecular complexity index is 1010. The Kier molecular flexibility index (Phi) is 8.36. The topological polar surface area (TPSA) is 51.2 Å². The maximum atomic E-state index is 12.0. The molecule has 156 valence electrons. The second kappa shape index (κ2) is 11.0. The monoisotopic (exact) mass is 402 g/mol. The normalized spacial score (nSPS) is 12.6. The van der Waals surface area contributed by atoms with Gasteiger partial charge in [0.2, 0.25) is 5.91 Å². The highest BCUT2D eigenvalue weighted by atomic mass is 16.5.